The molecule has 3 aromatic rings. The zero-order valence-electron chi connectivity index (χ0n) is 12.8. The number of anilines is 1. The van der Waals surface area contributed by atoms with Crippen LogP contribution in [0.3, 0.4) is 0 Å². The van der Waals surface area contributed by atoms with E-state index in [1.165, 1.54) is 24.3 Å². The zero-order chi connectivity index (χ0) is 17.1. The van der Waals surface area contributed by atoms with Crippen molar-refractivity contribution >= 4 is 17.4 Å². The molecule has 0 bridgehead atoms. The maximum Gasteiger partial charge on any atom is 0.269 e. The zero-order valence-corrected chi connectivity index (χ0v) is 12.8. The van der Waals surface area contributed by atoms with Crippen molar-refractivity contribution in [1.82, 2.24) is 10.2 Å². The quantitative estimate of drug-likeness (QED) is 0.566. The maximum absolute atomic E-state index is 12.2. The predicted octanol–water partition coefficient (Wildman–Crippen LogP) is 3.55. The second-order valence-corrected chi connectivity index (χ2v) is 5.29. The number of aryl methyl sites for hydroxylation is 1. The molecular weight excluding hydrogens is 308 g/mol. The van der Waals surface area contributed by atoms with E-state index in [0.29, 0.717) is 11.4 Å². The molecule has 7 heteroatoms. The molecule has 24 heavy (non-hydrogen) atoms. The number of aromatic amines is 1. The Morgan fingerprint density at radius 1 is 1.12 bits per heavy atom. The molecule has 0 saturated carbocycles. The number of nitro groups is 1. The lowest BCUT2D eigenvalue weighted by Crippen LogP contribution is -2.12. The molecule has 0 aliphatic carbocycles. The van der Waals surface area contributed by atoms with E-state index in [1.54, 1.807) is 6.07 Å². The normalized spacial score (nSPS) is 10.4. The van der Waals surface area contributed by atoms with E-state index in [0.717, 1.165) is 16.8 Å². The topological polar surface area (TPSA) is 101 Å². The highest BCUT2D eigenvalue weighted by atomic mass is 16.6. The van der Waals surface area contributed by atoms with E-state index >= 15 is 0 Å². The summed E-state index contributed by atoms with van der Waals surface area (Å²) in [6.07, 6.45) is 0. The molecule has 3 rings (SSSR count). The van der Waals surface area contributed by atoms with E-state index in [2.05, 4.69) is 15.5 Å². The minimum Gasteiger partial charge on any atom is -0.305 e. The largest absolute Gasteiger partial charge is 0.305 e. The Hall–Kier alpha value is -3.48. The van der Waals surface area contributed by atoms with Gasteiger partial charge in [0, 0.05) is 23.8 Å². The van der Waals surface area contributed by atoms with Gasteiger partial charge in [0.1, 0.15) is 0 Å². The van der Waals surface area contributed by atoms with Crippen molar-refractivity contribution in [1.29, 1.82) is 0 Å². The lowest BCUT2D eigenvalue weighted by molar-refractivity contribution is -0.384. The van der Waals surface area contributed by atoms with E-state index in [1.807, 2.05) is 31.2 Å². The molecule has 0 fully saturated rings. The first-order valence-corrected chi connectivity index (χ1v) is 7.21. The van der Waals surface area contributed by atoms with Crippen LogP contribution in [0.2, 0.25) is 0 Å². The fourth-order valence-corrected chi connectivity index (χ4v) is 2.19. The Balaban J connectivity index is 1.73. The van der Waals surface area contributed by atoms with Gasteiger partial charge in [-0.15, -0.1) is 0 Å². The average molecular weight is 322 g/mol. The van der Waals surface area contributed by atoms with Crippen molar-refractivity contribution in [2.24, 2.45) is 0 Å². The third-order valence-corrected chi connectivity index (χ3v) is 3.52. The Labute approximate surface area is 137 Å². The van der Waals surface area contributed by atoms with E-state index in [4.69, 9.17) is 0 Å². The summed E-state index contributed by atoms with van der Waals surface area (Å²) in [5, 5.41) is 20.2. The van der Waals surface area contributed by atoms with Gasteiger partial charge in [0.15, 0.2) is 5.82 Å². The van der Waals surface area contributed by atoms with Crippen LogP contribution in [0, 0.1) is 17.0 Å². The summed E-state index contributed by atoms with van der Waals surface area (Å²) in [6, 6.07) is 15.0. The summed E-state index contributed by atoms with van der Waals surface area (Å²) >= 11 is 0. The highest BCUT2D eigenvalue weighted by molar-refractivity contribution is 6.04. The van der Waals surface area contributed by atoms with Gasteiger partial charge in [-0.05, 0) is 24.6 Å². The lowest BCUT2D eigenvalue weighted by Gasteiger charge is -2.01. The summed E-state index contributed by atoms with van der Waals surface area (Å²) in [7, 11) is 0. The first-order valence-electron chi connectivity index (χ1n) is 7.21. The smallest absolute Gasteiger partial charge is 0.269 e. The number of amides is 1. The third kappa shape index (κ3) is 3.30. The molecule has 120 valence electrons. The van der Waals surface area contributed by atoms with E-state index < -0.39 is 4.92 Å². The van der Waals surface area contributed by atoms with Gasteiger partial charge in [-0.25, -0.2) is 0 Å². The SMILES string of the molecule is Cc1ccc(-c2cc(NC(=O)c3ccc([N+](=O)[O-])cc3)n[nH]2)cc1. The summed E-state index contributed by atoms with van der Waals surface area (Å²) in [5.74, 6) is 0.000724. The van der Waals surface area contributed by atoms with Crippen molar-refractivity contribution in [3.63, 3.8) is 0 Å². The molecule has 2 N–H and O–H groups in total. The molecule has 0 atom stereocenters. The molecule has 0 spiro atoms. The Morgan fingerprint density at radius 3 is 2.42 bits per heavy atom. The Kier molecular flexibility index (Phi) is 4.07. The fourth-order valence-electron chi connectivity index (χ4n) is 2.19. The van der Waals surface area contributed by atoms with Gasteiger partial charge >= 0.3 is 0 Å². The van der Waals surface area contributed by atoms with Crippen molar-refractivity contribution < 1.29 is 9.72 Å². The molecular formula is C17H14N4O3. The minimum absolute atomic E-state index is 0.0621. The summed E-state index contributed by atoms with van der Waals surface area (Å²) in [4.78, 5) is 22.3. The molecule has 1 amide bonds. The van der Waals surface area contributed by atoms with Crippen LogP contribution >= 0.6 is 0 Å². The number of carbonyl (C=O) groups is 1. The molecule has 0 aliphatic rings. The monoisotopic (exact) mass is 322 g/mol. The van der Waals surface area contributed by atoms with E-state index in [9.17, 15) is 14.9 Å². The number of carbonyl (C=O) groups excluding carboxylic acids is 1. The van der Waals surface area contributed by atoms with Crippen LogP contribution in [-0.4, -0.2) is 21.0 Å². The van der Waals surface area contributed by atoms with Gasteiger partial charge in [0.25, 0.3) is 11.6 Å². The summed E-state index contributed by atoms with van der Waals surface area (Å²) in [6.45, 7) is 2.01. The van der Waals surface area contributed by atoms with Crippen molar-refractivity contribution in [3.8, 4) is 11.3 Å². The Morgan fingerprint density at radius 2 is 1.79 bits per heavy atom. The number of hydrogen-bond donors (Lipinski definition) is 2. The van der Waals surface area contributed by atoms with Gasteiger partial charge in [0.05, 0.1) is 10.6 Å². The first-order chi connectivity index (χ1) is 11.5. The van der Waals surface area contributed by atoms with Crippen LogP contribution in [0.15, 0.2) is 54.6 Å². The second-order valence-electron chi connectivity index (χ2n) is 5.29. The molecule has 0 radical (unpaired) electrons. The molecule has 0 unspecified atom stereocenters. The van der Waals surface area contributed by atoms with Crippen molar-refractivity contribution in [2.75, 3.05) is 5.32 Å². The number of benzene rings is 2. The standard InChI is InChI=1S/C17H14N4O3/c1-11-2-4-12(5-3-11)15-10-16(20-19-15)18-17(22)13-6-8-14(9-7-13)21(23)24/h2-10H,1H3,(H2,18,19,20,22). The predicted molar refractivity (Wildman–Crippen MR) is 89.8 cm³/mol. The maximum atomic E-state index is 12.2. The minimum atomic E-state index is -0.511. The highest BCUT2D eigenvalue weighted by Crippen LogP contribution is 2.20. The number of non-ortho nitro benzene ring substituents is 1. The van der Waals surface area contributed by atoms with Crippen LogP contribution in [0.5, 0.6) is 0 Å². The van der Waals surface area contributed by atoms with Crippen LogP contribution < -0.4 is 5.32 Å². The van der Waals surface area contributed by atoms with Crippen LogP contribution in [0.1, 0.15) is 15.9 Å². The Bertz CT molecular complexity index is 883. The fraction of sp³-hybridized carbons (Fsp3) is 0.0588. The molecule has 0 saturated heterocycles. The summed E-state index contributed by atoms with van der Waals surface area (Å²) < 4.78 is 0. The molecule has 2 aromatic carbocycles. The van der Waals surface area contributed by atoms with Gasteiger partial charge in [-0.2, -0.15) is 5.10 Å². The highest BCUT2D eigenvalue weighted by Gasteiger charge is 2.11. The molecule has 0 aliphatic heterocycles. The number of rotatable bonds is 4. The number of nitrogens with one attached hydrogen (secondary N) is 2. The van der Waals surface area contributed by atoms with Crippen LogP contribution in [-0.2, 0) is 0 Å². The van der Waals surface area contributed by atoms with Crippen molar-refractivity contribution in [2.45, 2.75) is 6.92 Å². The number of nitrogens with zero attached hydrogens (tertiary/aromatic N) is 2. The number of H-pyrrole nitrogens is 1. The van der Waals surface area contributed by atoms with E-state index in [-0.39, 0.29) is 11.6 Å². The number of aromatic nitrogens is 2. The van der Waals surface area contributed by atoms with Gasteiger partial charge in [0.2, 0.25) is 0 Å². The van der Waals surface area contributed by atoms with Gasteiger partial charge in [-0.3, -0.25) is 20.0 Å². The molecule has 1 aromatic heterocycles. The second kappa shape index (κ2) is 6.33. The van der Waals surface area contributed by atoms with Crippen molar-refractivity contribution in [3.05, 3.63) is 75.8 Å². The average Bonchev–Trinajstić information content (AvgIpc) is 3.04. The van der Waals surface area contributed by atoms with Crippen LogP contribution in [0.4, 0.5) is 11.5 Å². The number of nitro benzene ring substituents is 1. The summed E-state index contributed by atoms with van der Waals surface area (Å²) in [5.41, 5.74) is 3.16. The van der Waals surface area contributed by atoms with Gasteiger partial charge in [-0.1, -0.05) is 29.8 Å². The van der Waals surface area contributed by atoms with Gasteiger partial charge < -0.3 is 5.32 Å². The third-order valence-electron chi connectivity index (χ3n) is 3.52. The molecule has 7 nitrogen and oxygen atoms in total. The van der Waals surface area contributed by atoms with Crippen LogP contribution in [0.25, 0.3) is 11.3 Å². The number of hydrogen-bond acceptors (Lipinski definition) is 4. The molecule has 1 heterocycles. The lowest BCUT2D eigenvalue weighted by atomic mass is 10.1. The first kappa shape index (κ1) is 15.4.